The van der Waals surface area contributed by atoms with Gasteiger partial charge >= 0.3 is 5.97 Å². The van der Waals surface area contributed by atoms with E-state index in [1.165, 1.54) is 6.07 Å². The molecule has 3 heterocycles. The van der Waals surface area contributed by atoms with Crippen LogP contribution in [0.1, 0.15) is 34.6 Å². The SMILES string of the molecule is COCCn1c(CN2CCC(C3=C(OCc4ccc(Cl)cc4F)NCC=N3)CC2)nc2ccc(C(=O)O)cc21. The minimum absolute atomic E-state index is 0.0878. The molecule has 3 aromatic rings. The van der Waals surface area contributed by atoms with Gasteiger partial charge in [0.1, 0.15) is 23.9 Å². The Morgan fingerprint density at radius 3 is 2.79 bits per heavy atom. The fourth-order valence-corrected chi connectivity index (χ4v) is 5.22. The highest BCUT2D eigenvalue weighted by atomic mass is 35.5. The van der Waals surface area contributed by atoms with Crippen LogP contribution in [0.5, 0.6) is 0 Å². The predicted molar refractivity (Wildman–Crippen MR) is 146 cm³/mol. The molecule has 0 radical (unpaired) electrons. The highest BCUT2D eigenvalue weighted by Gasteiger charge is 2.27. The van der Waals surface area contributed by atoms with Gasteiger partial charge in [0, 0.05) is 36.4 Å². The zero-order valence-corrected chi connectivity index (χ0v) is 22.5. The molecule has 9 nitrogen and oxygen atoms in total. The molecule has 0 bridgehead atoms. The number of fused-ring (bicyclic) bond motifs is 1. The van der Waals surface area contributed by atoms with Crippen molar-refractivity contribution in [2.24, 2.45) is 10.9 Å². The zero-order valence-electron chi connectivity index (χ0n) is 21.7. The van der Waals surface area contributed by atoms with Crippen LogP contribution < -0.4 is 5.32 Å². The number of piperidine rings is 1. The quantitative estimate of drug-likeness (QED) is 0.381. The van der Waals surface area contributed by atoms with Gasteiger partial charge < -0.3 is 24.5 Å². The van der Waals surface area contributed by atoms with Crippen LogP contribution in [0.3, 0.4) is 0 Å². The summed E-state index contributed by atoms with van der Waals surface area (Å²) < 4.78 is 27.6. The maximum Gasteiger partial charge on any atom is 0.335 e. The largest absolute Gasteiger partial charge is 0.478 e. The summed E-state index contributed by atoms with van der Waals surface area (Å²) in [6, 6.07) is 9.58. The van der Waals surface area contributed by atoms with Crippen molar-refractivity contribution in [1.82, 2.24) is 19.8 Å². The Hall–Kier alpha value is -3.47. The molecule has 2 aliphatic rings. The van der Waals surface area contributed by atoms with E-state index in [1.807, 2.05) is 6.21 Å². The number of likely N-dealkylation sites (tertiary alicyclic amines) is 1. The number of rotatable bonds is 10. The second-order valence-electron chi connectivity index (χ2n) is 9.66. The van der Waals surface area contributed by atoms with Gasteiger partial charge in [-0.25, -0.2) is 14.2 Å². The van der Waals surface area contributed by atoms with Crippen LogP contribution >= 0.6 is 11.6 Å². The van der Waals surface area contributed by atoms with Gasteiger partial charge in [0.15, 0.2) is 0 Å². The normalized spacial score (nSPS) is 16.6. The van der Waals surface area contributed by atoms with E-state index in [-0.39, 0.29) is 18.1 Å². The Morgan fingerprint density at radius 2 is 2.05 bits per heavy atom. The van der Waals surface area contributed by atoms with Gasteiger partial charge in [-0.3, -0.25) is 9.89 Å². The molecule has 11 heteroatoms. The minimum Gasteiger partial charge on any atom is -0.478 e. The fourth-order valence-electron chi connectivity index (χ4n) is 5.06. The van der Waals surface area contributed by atoms with Crippen molar-refractivity contribution in [3.8, 4) is 0 Å². The number of halogens is 2. The highest BCUT2D eigenvalue weighted by Crippen LogP contribution is 2.30. The lowest BCUT2D eigenvalue weighted by molar-refractivity contribution is 0.0697. The summed E-state index contributed by atoms with van der Waals surface area (Å²) in [5, 5.41) is 13.0. The Balaban J connectivity index is 1.26. The number of aromatic nitrogens is 2. The average Bonchev–Trinajstić information content (AvgIpc) is 3.28. The number of methoxy groups -OCH3 is 1. The lowest BCUT2D eigenvalue weighted by atomic mass is 9.93. The standard InChI is InChI=1S/C28H31ClFN5O4/c1-38-13-12-35-24-14-19(28(36)37)3-5-23(24)33-25(35)16-34-10-6-18(7-11-34)26-27(32-9-8-31-26)39-17-20-2-4-21(29)15-22(20)30/h2-5,8,14-15,18,32H,6-7,9-13,16-17H2,1H3,(H,36,37). The lowest BCUT2D eigenvalue weighted by Gasteiger charge is -2.33. The van der Waals surface area contributed by atoms with Gasteiger partial charge in [-0.2, -0.15) is 0 Å². The topological polar surface area (TPSA) is 101 Å². The second-order valence-corrected chi connectivity index (χ2v) is 10.1. The molecule has 206 valence electrons. The third kappa shape index (κ3) is 6.24. The van der Waals surface area contributed by atoms with E-state index in [4.69, 9.17) is 26.1 Å². The maximum atomic E-state index is 14.2. The third-order valence-corrected chi connectivity index (χ3v) is 7.37. The summed E-state index contributed by atoms with van der Waals surface area (Å²) in [4.78, 5) is 23.3. The molecule has 0 aliphatic carbocycles. The first-order valence-corrected chi connectivity index (χ1v) is 13.3. The van der Waals surface area contributed by atoms with E-state index >= 15 is 0 Å². The molecule has 2 N–H and O–H groups in total. The van der Waals surface area contributed by atoms with Crippen molar-refractivity contribution in [2.75, 3.05) is 33.4 Å². The van der Waals surface area contributed by atoms with E-state index < -0.39 is 11.8 Å². The number of benzene rings is 2. The Bertz CT molecular complexity index is 1410. The number of imidazole rings is 1. The second kappa shape index (κ2) is 12.1. The molecule has 1 aromatic heterocycles. The van der Waals surface area contributed by atoms with E-state index in [1.54, 1.807) is 37.4 Å². The van der Waals surface area contributed by atoms with Gasteiger partial charge in [-0.15, -0.1) is 0 Å². The molecule has 0 saturated carbocycles. The van der Waals surface area contributed by atoms with Crippen LogP contribution in [-0.4, -0.2) is 65.1 Å². The smallest absolute Gasteiger partial charge is 0.335 e. The average molecular weight is 556 g/mol. The molecule has 2 aliphatic heterocycles. The van der Waals surface area contributed by atoms with Gasteiger partial charge in [0.2, 0.25) is 5.88 Å². The monoisotopic (exact) mass is 555 g/mol. The van der Waals surface area contributed by atoms with Crippen LogP contribution in [-0.2, 0) is 29.2 Å². The van der Waals surface area contributed by atoms with Gasteiger partial charge in [-0.1, -0.05) is 17.7 Å². The summed E-state index contributed by atoms with van der Waals surface area (Å²) in [6.45, 7) is 4.07. The summed E-state index contributed by atoms with van der Waals surface area (Å²) in [5.41, 5.74) is 3.10. The summed E-state index contributed by atoms with van der Waals surface area (Å²) >= 11 is 5.86. The van der Waals surface area contributed by atoms with Crippen LogP contribution in [0.15, 0.2) is 53.0 Å². The van der Waals surface area contributed by atoms with Gasteiger partial charge in [-0.05, 0) is 56.3 Å². The number of nitrogens with zero attached hydrogens (tertiary/aromatic N) is 4. The van der Waals surface area contributed by atoms with Crippen LogP contribution in [0.4, 0.5) is 4.39 Å². The summed E-state index contributed by atoms with van der Waals surface area (Å²) in [5.74, 6) is 0.333. The number of hydrogen-bond donors (Lipinski definition) is 2. The highest BCUT2D eigenvalue weighted by molar-refractivity contribution is 6.30. The molecule has 1 fully saturated rings. The number of ether oxygens (including phenoxy) is 2. The number of carboxylic acids is 1. The first-order valence-electron chi connectivity index (χ1n) is 12.9. The maximum absolute atomic E-state index is 14.2. The molecule has 5 rings (SSSR count). The van der Waals surface area contributed by atoms with E-state index in [0.717, 1.165) is 48.5 Å². The number of nitrogens with one attached hydrogen (secondary N) is 1. The number of allylic oxidation sites excluding steroid dienone is 1. The summed E-state index contributed by atoms with van der Waals surface area (Å²) in [6.07, 6.45) is 3.61. The Morgan fingerprint density at radius 1 is 1.23 bits per heavy atom. The number of aliphatic imine (C=N–C) groups is 1. The van der Waals surface area contributed by atoms with Crippen molar-refractivity contribution in [2.45, 2.75) is 32.5 Å². The molecule has 2 aromatic carbocycles. The van der Waals surface area contributed by atoms with Crippen LogP contribution in [0.25, 0.3) is 11.0 Å². The van der Waals surface area contributed by atoms with Crippen LogP contribution in [0, 0.1) is 11.7 Å². The van der Waals surface area contributed by atoms with E-state index in [2.05, 4.69) is 19.8 Å². The van der Waals surface area contributed by atoms with Crippen LogP contribution in [0.2, 0.25) is 5.02 Å². The molecular weight excluding hydrogens is 525 g/mol. The lowest BCUT2D eigenvalue weighted by Crippen LogP contribution is -2.36. The summed E-state index contributed by atoms with van der Waals surface area (Å²) in [7, 11) is 1.65. The predicted octanol–water partition coefficient (Wildman–Crippen LogP) is 4.45. The Labute approximate surface area is 230 Å². The molecule has 39 heavy (non-hydrogen) atoms. The molecule has 0 unspecified atom stereocenters. The van der Waals surface area contributed by atoms with Gasteiger partial charge in [0.05, 0.1) is 36.3 Å². The Kier molecular flexibility index (Phi) is 8.44. The van der Waals surface area contributed by atoms with Gasteiger partial charge in [0.25, 0.3) is 0 Å². The van der Waals surface area contributed by atoms with Crippen molar-refractivity contribution in [1.29, 1.82) is 0 Å². The zero-order chi connectivity index (χ0) is 27.4. The number of carbonyl (C=O) groups is 1. The molecule has 0 spiro atoms. The molecule has 1 saturated heterocycles. The first-order chi connectivity index (χ1) is 18.9. The van der Waals surface area contributed by atoms with Crippen molar-refractivity contribution < 1.29 is 23.8 Å². The minimum atomic E-state index is -0.962. The first kappa shape index (κ1) is 27.1. The fraction of sp³-hybridized carbons (Fsp3) is 0.393. The van der Waals surface area contributed by atoms with Crippen molar-refractivity contribution >= 4 is 34.8 Å². The number of carboxylic acid groups (broad SMARTS) is 1. The number of hydrogen-bond acceptors (Lipinski definition) is 7. The third-order valence-electron chi connectivity index (χ3n) is 7.14. The van der Waals surface area contributed by atoms with Crippen molar-refractivity contribution in [3.63, 3.8) is 0 Å². The molecular formula is C28H31ClFN5O4. The van der Waals surface area contributed by atoms with Crippen molar-refractivity contribution in [3.05, 3.63) is 75.8 Å². The molecule has 0 amide bonds. The molecule has 0 atom stereocenters. The van der Waals surface area contributed by atoms with E-state index in [0.29, 0.717) is 42.7 Å². The number of aromatic carboxylic acids is 1. The van der Waals surface area contributed by atoms with E-state index in [9.17, 15) is 14.3 Å².